The van der Waals surface area contributed by atoms with Gasteiger partial charge in [-0.25, -0.2) is 0 Å². The Kier molecular flexibility index (Phi) is 12.6. The number of carbonyl (C=O) groups excluding carboxylic acids is 1. The third-order valence-corrected chi connectivity index (χ3v) is 9.96. The molecule has 1 amide bonds. The summed E-state index contributed by atoms with van der Waals surface area (Å²) in [4.78, 5) is 18.5. The van der Waals surface area contributed by atoms with Crippen molar-refractivity contribution < 1.29 is 23.5 Å². The van der Waals surface area contributed by atoms with Crippen LogP contribution >= 0.6 is 0 Å². The number of unbranched alkanes of at least 4 members (excludes halogenated alkanes) is 1. The third-order valence-electron chi connectivity index (χ3n) is 9.96. The number of ether oxygens (including phenoxy) is 3. The van der Waals surface area contributed by atoms with E-state index in [4.69, 9.17) is 18.7 Å². The Bertz CT molecular complexity index is 1740. The zero-order valence-corrected chi connectivity index (χ0v) is 30.6. The zero-order chi connectivity index (χ0) is 35.6. The van der Waals surface area contributed by atoms with Gasteiger partial charge in [0.2, 0.25) is 0 Å². The molecule has 1 aromatic heterocycles. The van der Waals surface area contributed by atoms with Crippen molar-refractivity contribution in [3.8, 4) is 16.9 Å². The fourth-order valence-corrected chi connectivity index (χ4v) is 6.79. The lowest BCUT2D eigenvalue weighted by atomic mass is 10.00. The Balaban J connectivity index is 1.17. The van der Waals surface area contributed by atoms with Crippen LogP contribution in [0.3, 0.4) is 0 Å². The Hall–Kier alpha value is -4.44. The highest BCUT2D eigenvalue weighted by Gasteiger charge is 2.23. The second kappa shape index (κ2) is 17.7. The molecule has 3 heterocycles. The van der Waals surface area contributed by atoms with Gasteiger partial charge < -0.3 is 29.0 Å². The van der Waals surface area contributed by atoms with Crippen molar-refractivity contribution in [3.05, 3.63) is 100 Å². The lowest BCUT2D eigenvalue weighted by Crippen LogP contribution is -2.36. The minimum atomic E-state index is -0.0854. The van der Waals surface area contributed by atoms with E-state index < -0.39 is 0 Å². The van der Waals surface area contributed by atoms with Crippen LogP contribution in [0.4, 0.5) is 11.4 Å². The minimum absolute atomic E-state index is 0.0854. The molecule has 6 rings (SSSR count). The molecule has 51 heavy (non-hydrogen) atoms. The number of carbonyl (C=O) groups is 1. The molecular weight excluding hydrogens is 640 g/mol. The van der Waals surface area contributed by atoms with E-state index in [1.165, 1.54) is 5.56 Å². The van der Waals surface area contributed by atoms with Crippen LogP contribution in [-0.2, 0) is 27.4 Å². The molecule has 0 radical (unpaired) electrons. The van der Waals surface area contributed by atoms with Crippen molar-refractivity contribution in [2.24, 2.45) is 0 Å². The molecule has 1 N–H and O–H groups in total. The smallest absolute Gasteiger partial charge is 0.251 e. The first-order valence-electron chi connectivity index (χ1n) is 18.4. The van der Waals surface area contributed by atoms with E-state index >= 15 is 0 Å². The number of benzene rings is 3. The third kappa shape index (κ3) is 9.67. The van der Waals surface area contributed by atoms with Gasteiger partial charge in [-0.1, -0.05) is 48.8 Å². The van der Waals surface area contributed by atoms with E-state index in [0.717, 1.165) is 108 Å². The standard InChI is InChI=1S/C42H52N4O5/c1-5-6-21-48-24-25-50-39-14-9-33(10-15-39)34-11-16-41-36(26-34)27-35(17-20-46(41)29-40-30(2)44-51-31(40)3)42(47)43-37-12-7-32(8-13-37)28-45(4)38-18-22-49-23-19-38/h7-16,26-27,38H,5-6,17-25,28-29H2,1-4H3,(H,43,47). The molecule has 4 aromatic rings. The van der Waals surface area contributed by atoms with Crippen LogP contribution in [0.25, 0.3) is 17.2 Å². The predicted octanol–water partition coefficient (Wildman–Crippen LogP) is 8.20. The van der Waals surface area contributed by atoms with E-state index in [0.29, 0.717) is 38.8 Å². The largest absolute Gasteiger partial charge is 0.491 e. The molecular formula is C42H52N4O5. The van der Waals surface area contributed by atoms with Gasteiger partial charge in [-0.3, -0.25) is 9.69 Å². The van der Waals surface area contributed by atoms with Gasteiger partial charge in [-0.2, -0.15) is 0 Å². The molecule has 1 fully saturated rings. The molecule has 0 aliphatic carbocycles. The molecule has 0 spiro atoms. The highest BCUT2D eigenvalue weighted by atomic mass is 16.5. The van der Waals surface area contributed by atoms with Crippen LogP contribution in [-0.4, -0.2) is 68.6 Å². The number of anilines is 2. The summed E-state index contributed by atoms with van der Waals surface area (Å²) in [5, 5.41) is 7.36. The SMILES string of the molecule is CCCCOCCOc1ccc(-c2ccc3c(c2)C=C(C(=O)Nc2ccc(CN(C)C4CCOCC4)cc2)CCN3Cc2c(C)noc2C)cc1. The Morgan fingerprint density at radius 2 is 1.75 bits per heavy atom. The van der Waals surface area contributed by atoms with Crippen molar-refractivity contribution in [1.29, 1.82) is 0 Å². The number of amides is 1. The van der Waals surface area contributed by atoms with Crippen LogP contribution in [0.2, 0.25) is 0 Å². The minimum Gasteiger partial charge on any atom is -0.491 e. The number of hydrogen-bond acceptors (Lipinski definition) is 8. The average molecular weight is 693 g/mol. The lowest BCUT2D eigenvalue weighted by Gasteiger charge is -2.31. The van der Waals surface area contributed by atoms with Crippen LogP contribution in [0.1, 0.15) is 67.2 Å². The van der Waals surface area contributed by atoms with E-state index in [2.05, 4.69) is 82.8 Å². The number of nitrogens with one attached hydrogen (secondary N) is 1. The second-order valence-corrected chi connectivity index (χ2v) is 13.7. The number of aromatic nitrogens is 1. The number of aryl methyl sites for hydroxylation is 2. The average Bonchev–Trinajstić information content (AvgIpc) is 3.35. The summed E-state index contributed by atoms with van der Waals surface area (Å²) in [5.74, 6) is 1.55. The molecule has 0 unspecified atom stereocenters. The fourth-order valence-electron chi connectivity index (χ4n) is 6.79. The van der Waals surface area contributed by atoms with Gasteiger partial charge in [-0.05, 0) is 111 Å². The highest BCUT2D eigenvalue weighted by molar-refractivity contribution is 6.07. The van der Waals surface area contributed by atoms with Crippen molar-refractivity contribution in [2.75, 3.05) is 56.8 Å². The van der Waals surface area contributed by atoms with Crippen molar-refractivity contribution in [1.82, 2.24) is 10.1 Å². The molecule has 270 valence electrons. The summed E-state index contributed by atoms with van der Waals surface area (Å²) in [7, 11) is 2.18. The summed E-state index contributed by atoms with van der Waals surface area (Å²) in [5.41, 5.74) is 8.93. The molecule has 9 heteroatoms. The summed E-state index contributed by atoms with van der Waals surface area (Å²) in [6.45, 7) is 11.8. The topological polar surface area (TPSA) is 89.3 Å². The fraction of sp³-hybridized carbons (Fsp3) is 0.429. The Labute approximate surface area is 302 Å². The first-order valence-corrected chi connectivity index (χ1v) is 18.4. The number of rotatable bonds is 15. The highest BCUT2D eigenvalue weighted by Crippen LogP contribution is 2.35. The normalized spacial score (nSPS) is 15.0. The van der Waals surface area contributed by atoms with E-state index in [9.17, 15) is 4.79 Å². The number of hydrogen-bond donors (Lipinski definition) is 1. The first-order chi connectivity index (χ1) is 24.9. The summed E-state index contributed by atoms with van der Waals surface area (Å²) >= 11 is 0. The molecule has 3 aromatic carbocycles. The van der Waals surface area contributed by atoms with Crippen LogP contribution < -0.4 is 15.0 Å². The molecule has 0 saturated carbocycles. The van der Waals surface area contributed by atoms with Gasteiger partial charge in [0.05, 0.1) is 12.3 Å². The second-order valence-electron chi connectivity index (χ2n) is 13.7. The predicted molar refractivity (Wildman–Crippen MR) is 203 cm³/mol. The molecule has 1 saturated heterocycles. The van der Waals surface area contributed by atoms with Crippen LogP contribution in [0.5, 0.6) is 5.75 Å². The molecule has 0 bridgehead atoms. The van der Waals surface area contributed by atoms with E-state index in [-0.39, 0.29) is 5.91 Å². The maximum absolute atomic E-state index is 13.8. The van der Waals surface area contributed by atoms with Crippen LogP contribution in [0, 0.1) is 13.8 Å². The summed E-state index contributed by atoms with van der Waals surface area (Å²) in [6, 6.07) is 23.4. The van der Waals surface area contributed by atoms with Crippen LogP contribution in [0.15, 0.2) is 76.8 Å². The van der Waals surface area contributed by atoms with Crippen molar-refractivity contribution >= 4 is 23.4 Å². The zero-order valence-electron chi connectivity index (χ0n) is 30.6. The molecule has 2 aliphatic rings. The van der Waals surface area contributed by atoms with Crippen molar-refractivity contribution in [3.63, 3.8) is 0 Å². The van der Waals surface area contributed by atoms with Gasteiger partial charge in [0.25, 0.3) is 5.91 Å². The molecule has 0 atom stereocenters. The molecule has 9 nitrogen and oxygen atoms in total. The number of fused-ring (bicyclic) bond motifs is 1. The first kappa shape index (κ1) is 36.4. The lowest BCUT2D eigenvalue weighted by molar-refractivity contribution is -0.112. The summed E-state index contributed by atoms with van der Waals surface area (Å²) in [6.07, 6.45) is 6.97. The van der Waals surface area contributed by atoms with E-state index in [1.807, 2.05) is 38.1 Å². The molecule has 2 aliphatic heterocycles. The van der Waals surface area contributed by atoms with Gasteiger partial charge >= 0.3 is 0 Å². The quantitative estimate of drug-likeness (QED) is 0.125. The maximum Gasteiger partial charge on any atom is 0.251 e. The van der Waals surface area contributed by atoms with Gasteiger partial charge in [0, 0.05) is 68.0 Å². The van der Waals surface area contributed by atoms with E-state index in [1.54, 1.807) is 0 Å². The monoisotopic (exact) mass is 692 g/mol. The van der Waals surface area contributed by atoms with Crippen molar-refractivity contribution in [2.45, 2.75) is 72.0 Å². The summed E-state index contributed by atoms with van der Waals surface area (Å²) < 4.78 is 22.6. The van der Waals surface area contributed by atoms with Gasteiger partial charge in [-0.15, -0.1) is 0 Å². The Morgan fingerprint density at radius 3 is 2.47 bits per heavy atom. The Morgan fingerprint density at radius 1 is 0.980 bits per heavy atom. The van der Waals surface area contributed by atoms with Gasteiger partial charge in [0.15, 0.2) is 0 Å². The number of nitrogens with zero attached hydrogens (tertiary/aromatic N) is 3. The maximum atomic E-state index is 13.8. The van der Waals surface area contributed by atoms with Gasteiger partial charge in [0.1, 0.15) is 18.1 Å².